The summed E-state index contributed by atoms with van der Waals surface area (Å²) in [5.41, 5.74) is 0. The van der Waals surface area contributed by atoms with Crippen molar-refractivity contribution in [2.75, 3.05) is 6.54 Å². The minimum absolute atomic E-state index is 0.0142. The number of hydrogen-bond acceptors (Lipinski definition) is 2. The third kappa shape index (κ3) is 4.75. The molecule has 0 aromatic carbocycles. The molecule has 4 nitrogen and oxygen atoms in total. The average molecular weight is 240 g/mol. The van der Waals surface area contributed by atoms with Gasteiger partial charge in [-0.3, -0.25) is 9.59 Å². The fourth-order valence-electron chi connectivity index (χ4n) is 1.90. The lowest BCUT2D eigenvalue weighted by molar-refractivity contribution is -0.134. The highest BCUT2D eigenvalue weighted by Crippen LogP contribution is 2.12. The van der Waals surface area contributed by atoms with Crippen molar-refractivity contribution >= 4 is 11.8 Å². The summed E-state index contributed by atoms with van der Waals surface area (Å²) in [7, 11) is 0. The van der Waals surface area contributed by atoms with Crippen LogP contribution in [0.4, 0.5) is 0 Å². The summed E-state index contributed by atoms with van der Waals surface area (Å²) in [6.07, 6.45) is 7.01. The zero-order chi connectivity index (χ0) is 12.7. The average Bonchev–Trinajstić information content (AvgIpc) is 2.33. The smallest absolute Gasteiger partial charge is 0.244 e. The number of unbranched alkanes of at least 4 members (excludes halogenated alkanes) is 4. The van der Waals surface area contributed by atoms with E-state index in [0.29, 0.717) is 6.54 Å². The summed E-state index contributed by atoms with van der Waals surface area (Å²) in [4.78, 5) is 22.7. The number of carbonyl (C=O) groups excluding carboxylic acids is 2. The molecule has 1 heterocycles. The largest absolute Gasteiger partial charge is 0.352 e. The molecule has 17 heavy (non-hydrogen) atoms. The van der Waals surface area contributed by atoms with E-state index in [1.54, 1.807) is 0 Å². The van der Waals surface area contributed by atoms with Crippen LogP contribution in [0.5, 0.6) is 0 Å². The van der Waals surface area contributed by atoms with Crippen LogP contribution >= 0.6 is 0 Å². The molecular weight excluding hydrogens is 216 g/mol. The van der Waals surface area contributed by atoms with E-state index < -0.39 is 0 Å². The normalized spacial score (nSPS) is 20.4. The van der Waals surface area contributed by atoms with E-state index in [9.17, 15) is 9.59 Å². The summed E-state index contributed by atoms with van der Waals surface area (Å²) >= 11 is 0. The third-order valence-electron chi connectivity index (χ3n) is 3.30. The van der Waals surface area contributed by atoms with Crippen molar-refractivity contribution in [2.45, 2.75) is 58.4 Å². The topological polar surface area (TPSA) is 58.2 Å². The summed E-state index contributed by atoms with van der Waals surface area (Å²) < 4.78 is 0. The number of carbonyl (C=O) groups is 2. The lowest BCUT2D eigenvalue weighted by atomic mass is 10.0. The first-order valence-corrected chi connectivity index (χ1v) is 6.73. The first-order valence-electron chi connectivity index (χ1n) is 6.73. The molecule has 98 valence electrons. The first kappa shape index (κ1) is 14.0. The predicted octanol–water partition coefficient (Wildman–Crippen LogP) is 1.60. The van der Waals surface area contributed by atoms with E-state index >= 15 is 0 Å². The second-order valence-electron chi connectivity index (χ2n) is 4.91. The van der Waals surface area contributed by atoms with Gasteiger partial charge in [0.05, 0.1) is 0 Å². The Kier molecular flexibility index (Phi) is 6.01. The number of amides is 2. The van der Waals surface area contributed by atoms with Gasteiger partial charge in [-0.25, -0.2) is 0 Å². The lowest BCUT2D eigenvalue weighted by Crippen LogP contribution is -2.62. The van der Waals surface area contributed by atoms with Crippen LogP contribution in [0.2, 0.25) is 0 Å². The van der Waals surface area contributed by atoms with Gasteiger partial charge >= 0.3 is 0 Å². The van der Waals surface area contributed by atoms with E-state index in [2.05, 4.69) is 17.6 Å². The molecule has 2 N–H and O–H groups in total. The molecule has 2 atom stereocenters. The van der Waals surface area contributed by atoms with Gasteiger partial charge in [0.15, 0.2) is 0 Å². The van der Waals surface area contributed by atoms with Crippen molar-refractivity contribution in [3.63, 3.8) is 0 Å². The molecule has 4 heteroatoms. The Bertz CT molecular complexity index is 266. The fraction of sp³-hybridized carbons (Fsp3) is 0.846. The van der Waals surface area contributed by atoms with Gasteiger partial charge in [0.1, 0.15) is 6.04 Å². The second kappa shape index (κ2) is 7.30. The summed E-state index contributed by atoms with van der Waals surface area (Å²) in [5, 5.41) is 5.38. The standard InChI is InChI=1S/C13H24N2O2/c1-3-4-5-6-7-8-10(2)12(16)15-11-9-14-13(11)17/h10-11H,3-9H2,1-2H3,(H,14,17)(H,15,16)/t10-,11+/m1/s1. The molecule has 0 bridgehead atoms. The summed E-state index contributed by atoms with van der Waals surface area (Å²) in [5.74, 6) is -0.0288. The van der Waals surface area contributed by atoms with Crippen LogP contribution in [0, 0.1) is 5.92 Å². The van der Waals surface area contributed by atoms with Gasteiger partial charge in [0.2, 0.25) is 11.8 Å². The molecule has 1 fully saturated rings. The van der Waals surface area contributed by atoms with E-state index in [1.807, 2.05) is 6.92 Å². The van der Waals surface area contributed by atoms with E-state index in [-0.39, 0.29) is 23.8 Å². The molecule has 0 aliphatic carbocycles. The maximum atomic E-state index is 11.7. The monoisotopic (exact) mass is 240 g/mol. The lowest BCUT2D eigenvalue weighted by Gasteiger charge is -2.27. The van der Waals surface area contributed by atoms with Crippen molar-refractivity contribution in [2.24, 2.45) is 5.92 Å². The Balaban J connectivity index is 2.07. The zero-order valence-electron chi connectivity index (χ0n) is 10.9. The van der Waals surface area contributed by atoms with Gasteiger partial charge in [-0.05, 0) is 6.42 Å². The van der Waals surface area contributed by atoms with Gasteiger partial charge < -0.3 is 10.6 Å². The van der Waals surface area contributed by atoms with Crippen LogP contribution in [0.1, 0.15) is 52.4 Å². The predicted molar refractivity (Wildman–Crippen MR) is 67.5 cm³/mol. The molecule has 1 aliphatic rings. The minimum atomic E-state index is -0.287. The summed E-state index contributed by atoms with van der Waals surface area (Å²) in [6, 6.07) is -0.287. The van der Waals surface area contributed by atoms with Crippen LogP contribution in [0.3, 0.4) is 0 Å². The Morgan fingerprint density at radius 2 is 2.12 bits per heavy atom. The first-order chi connectivity index (χ1) is 8.15. The van der Waals surface area contributed by atoms with Crippen LogP contribution in [-0.2, 0) is 9.59 Å². The molecule has 1 aliphatic heterocycles. The van der Waals surface area contributed by atoms with Gasteiger partial charge in [-0.1, -0.05) is 46.0 Å². The molecule has 0 saturated carbocycles. The Hall–Kier alpha value is -1.06. The van der Waals surface area contributed by atoms with Gasteiger partial charge in [-0.15, -0.1) is 0 Å². The van der Waals surface area contributed by atoms with Crippen molar-refractivity contribution in [3.8, 4) is 0 Å². The molecule has 0 unspecified atom stereocenters. The van der Waals surface area contributed by atoms with Gasteiger partial charge in [0.25, 0.3) is 0 Å². The third-order valence-corrected chi connectivity index (χ3v) is 3.30. The molecular formula is C13H24N2O2. The van der Waals surface area contributed by atoms with Crippen molar-refractivity contribution in [1.82, 2.24) is 10.6 Å². The molecule has 1 rings (SSSR count). The van der Waals surface area contributed by atoms with E-state index in [1.165, 1.54) is 25.7 Å². The highest BCUT2D eigenvalue weighted by atomic mass is 16.2. The van der Waals surface area contributed by atoms with E-state index in [4.69, 9.17) is 0 Å². The highest BCUT2D eigenvalue weighted by Gasteiger charge is 2.29. The molecule has 0 radical (unpaired) electrons. The number of β-lactam (4-membered cyclic amide) rings is 1. The Labute approximate surface area is 104 Å². The number of nitrogens with one attached hydrogen (secondary N) is 2. The van der Waals surface area contributed by atoms with Gasteiger partial charge in [0, 0.05) is 12.5 Å². The highest BCUT2D eigenvalue weighted by molar-refractivity contribution is 5.92. The maximum absolute atomic E-state index is 11.7. The van der Waals surface area contributed by atoms with Crippen molar-refractivity contribution < 1.29 is 9.59 Å². The van der Waals surface area contributed by atoms with Crippen molar-refractivity contribution in [3.05, 3.63) is 0 Å². The minimum Gasteiger partial charge on any atom is -0.352 e. The Morgan fingerprint density at radius 3 is 2.65 bits per heavy atom. The molecule has 0 aromatic rings. The molecule has 0 spiro atoms. The van der Waals surface area contributed by atoms with Gasteiger partial charge in [-0.2, -0.15) is 0 Å². The van der Waals surface area contributed by atoms with Crippen LogP contribution in [0.25, 0.3) is 0 Å². The fourth-order valence-corrected chi connectivity index (χ4v) is 1.90. The molecule has 1 saturated heterocycles. The second-order valence-corrected chi connectivity index (χ2v) is 4.91. The number of hydrogen-bond donors (Lipinski definition) is 2. The van der Waals surface area contributed by atoms with Crippen molar-refractivity contribution in [1.29, 1.82) is 0 Å². The van der Waals surface area contributed by atoms with Crippen LogP contribution in [-0.4, -0.2) is 24.4 Å². The van der Waals surface area contributed by atoms with E-state index in [0.717, 1.165) is 12.8 Å². The quantitative estimate of drug-likeness (QED) is 0.500. The zero-order valence-corrected chi connectivity index (χ0v) is 10.9. The number of rotatable bonds is 8. The SMILES string of the molecule is CCCCCCC[C@@H](C)C(=O)N[C@H]1CNC1=O. The summed E-state index contributed by atoms with van der Waals surface area (Å²) in [6.45, 7) is 4.71. The van der Waals surface area contributed by atoms with Crippen LogP contribution < -0.4 is 10.6 Å². The Morgan fingerprint density at radius 1 is 1.41 bits per heavy atom. The molecule has 2 amide bonds. The van der Waals surface area contributed by atoms with Crippen LogP contribution in [0.15, 0.2) is 0 Å². The maximum Gasteiger partial charge on any atom is 0.244 e. The molecule has 0 aromatic heterocycles.